The van der Waals surface area contributed by atoms with E-state index in [9.17, 15) is 9.59 Å². The number of hydrogen-bond acceptors (Lipinski definition) is 4. The first kappa shape index (κ1) is 13.5. The number of carbonyl (C=O) groups is 2. The summed E-state index contributed by atoms with van der Waals surface area (Å²) >= 11 is 0. The highest BCUT2D eigenvalue weighted by Crippen LogP contribution is 2.25. The second kappa shape index (κ2) is 5.83. The van der Waals surface area contributed by atoms with E-state index in [-0.39, 0.29) is 16.9 Å². The highest BCUT2D eigenvalue weighted by molar-refractivity contribution is 6.04. The maximum absolute atomic E-state index is 12.0. The van der Waals surface area contributed by atoms with Gasteiger partial charge in [0, 0.05) is 6.20 Å². The van der Waals surface area contributed by atoms with Crippen LogP contribution in [0.2, 0.25) is 0 Å². The van der Waals surface area contributed by atoms with Gasteiger partial charge in [0.2, 0.25) is 0 Å². The molecule has 0 bridgehead atoms. The number of rotatable bonds is 4. The van der Waals surface area contributed by atoms with Gasteiger partial charge in [-0.2, -0.15) is 0 Å². The molecule has 0 aliphatic carbocycles. The first-order valence-corrected chi connectivity index (χ1v) is 5.75. The summed E-state index contributed by atoms with van der Waals surface area (Å²) in [5.41, 5.74) is 0.570. The Morgan fingerprint density at radius 1 is 1.25 bits per heavy atom. The predicted molar refractivity (Wildman–Crippen MR) is 72.1 cm³/mol. The molecule has 6 heteroatoms. The molecular formula is C14H12N2O4. The number of pyridine rings is 1. The van der Waals surface area contributed by atoms with Crippen molar-refractivity contribution < 1.29 is 19.4 Å². The van der Waals surface area contributed by atoms with Gasteiger partial charge in [-0.3, -0.25) is 9.78 Å². The number of methoxy groups -OCH3 is 1. The standard InChI is InChI=1S/C14H12N2O4/c1-20-12-6-5-9(14(18)19)8-11(12)16-13(17)10-4-2-3-7-15-10/h2-8H,1H3,(H,16,17)(H,18,19). The molecule has 2 rings (SSSR count). The zero-order chi connectivity index (χ0) is 14.5. The van der Waals surface area contributed by atoms with Crippen molar-refractivity contribution in [2.75, 3.05) is 12.4 Å². The van der Waals surface area contributed by atoms with Crippen molar-refractivity contribution in [3.8, 4) is 5.75 Å². The SMILES string of the molecule is COc1ccc(C(=O)O)cc1NC(=O)c1ccccn1. The molecule has 20 heavy (non-hydrogen) atoms. The van der Waals surface area contributed by atoms with Crippen molar-refractivity contribution in [2.24, 2.45) is 0 Å². The predicted octanol–water partition coefficient (Wildman–Crippen LogP) is 2.04. The first-order valence-electron chi connectivity index (χ1n) is 5.75. The van der Waals surface area contributed by atoms with E-state index in [1.54, 1.807) is 18.2 Å². The summed E-state index contributed by atoms with van der Waals surface area (Å²) in [5.74, 6) is -1.15. The number of aromatic nitrogens is 1. The molecule has 0 saturated carbocycles. The van der Waals surface area contributed by atoms with Crippen molar-refractivity contribution in [2.45, 2.75) is 0 Å². The third-order valence-corrected chi connectivity index (χ3v) is 2.59. The van der Waals surface area contributed by atoms with E-state index in [0.29, 0.717) is 5.75 Å². The summed E-state index contributed by atoms with van der Waals surface area (Å²) in [5, 5.41) is 11.5. The molecule has 1 heterocycles. The second-order valence-electron chi connectivity index (χ2n) is 3.89. The van der Waals surface area contributed by atoms with Crippen LogP contribution in [0.3, 0.4) is 0 Å². The minimum absolute atomic E-state index is 0.0575. The number of benzene rings is 1. The van der Waals surface area contributed by atoms with Crippen molar-refractivity contribution >= 4 is 17.6 Å². The van der Waals surface area contributed by atoms with E-state index in [2.05, 4.69) is 10.3 Å². The molecule has 6 nitrogen and oxygen atoms in total. The lowest BCUT2D eigenvalue weighted by Crippen LogP contribution is -2.14. The number of carbonyl (C=O) groups excluding carboxylic acids is 1. The van der Waals surface area contributed by atoms with Crippen LogP contribution in [0.15, 0.2) is 42.6 Å². The third kappa shape index (κ3) is 2.92. The lowest BCUT2D eigenvalue weighted by Gasteiger charge is -2.10. The number of aromatic carboxylic acids is 1. The summed E-state index contributed by atoms with van der Waals surface area (Å²) in [6.45, 7) is 0. The van der Waals surface area contributed by atoms with Crippen LogP contribution >= 0.6 is 0 Å². The Morgan fingerprint density at radius 2 is 2.05 bits per heavy atom. The fourth-order valence-corrected chi connectivity index (χ4v) is 1.62. The molecule has 0 radical (unpaired) electrons. The normalized spacial score (nSPS) is 9.85. The number of amides is 1. The Labute approximate surface area is 115 Å². The summed E-state index contributed by atoms with van der Waals surface area (Å²) < 4.78 is 5.09. The molecule has 0 aliphatic rings. The minimum atomic E-state index is -1.08. The van der Waals surface area contributed by atoms with Crippen LogP contribution in [0.5, 0.6) is 5.75 Å². The molecule has 2 N–H and O–H groups in total. The van der Waals surface area contributed by atoms with E-state index in [1.807, 2.05) is 0 Å². The van der Waals surface area contributed by atoms with Crippen LogP contribution < -0.4 is 10.1 Å². The minimum Gasteiger partial charge on any atom is -0.495 e. The average Bonchev–Trinajstić information content (AvgIpc) is 2.48. The van der Waals surface area contributed by atoms with Crippen LogP contribution in [0.25, 0.3) is 0 Å². The number of hydrogen-bond donors (Lipinski definition) is 2. The third-order valence-electron chi connectivity index (χ3n) is 2.59. The fourth-order valence-electron chi connectivity index (χ4n) is 1.62. The lowest BCUT2D eigenvalue weighted by atomic mass is 10.2. The van der Waals surface area contributed by atoms with Crippen molar-refractivity contribution in [3.63, 3.8) is 0 Å². The van der Waals surface area contributed by atoms with E-state index in [0.717, 1.165) is 0 Å². The van der Waals surface area contributed by atoms with Gasteiger partial charge in [-0.1, -0.05) is 6.07 Å². The first-order chi connectivity index (χ1) is 9.61. The molecule has 1 aromatic heterocycles. The molecule has 0 fully saturated rings. The molecule has 0 spiro atoms. The van der Waals surface area contributed by atoms with E-state index < -0.39 is 11.9 Å². The lowest BCUT2D eigenvalue weighted by molar-refractivity contribution is 0.0696. The van der Waals surface area contributed by atoms with Gasteiger partial charge < -0.3 is 15.2 Å². The molecule has 0 saturated heterocycles. The van der Waals surface area contributed by atoms with E-state index >= 15 is 0 Å². The van der Waals surface area contributed by atoms with Crippen molar-refractivity contribution in [1.82, 2.24) is 4.98 Å². The quantitative estimate of drug-likeness (QED) is 0.889. The van der Waals surface area contributed by atoms with Crippen LogP contribution in [0, 0.1) is 0 Å². The maximum Gasteiger partial charge on any atom is 0.335 e. The van der Waals surface area contributed by atoms with Crippen molar-refractivity contribution in [1.29, 1.82) is 0 Å². The number of nitrogens with one attached hydrogen (secondary N) is 1. The Kier molecular flexibility index (Phi) is 3.95. The highest BCUT2D eigenvalue weighted by atomic mass is 16.5. The number of carboxylic acids is 1. The van der Waals surface area contributed by atoms with E-state index in [4.69, 9.17) is 9.84 Å². The maximum atomic E-state index is 12.0. The van der Waals surface area contributed by atoms with Gasteiger partial charge in [0.25, 0.3) is 5.91 Å². The molecule has 2 aromatic rings. The average molecular weight is 272 g/mol. The van der Waals surface area contributed by atoms with Gasteiger partial charge in [0.1, 0.15) is 11.4 Å². The van der Waals surface area contributed by atoms with Gasteiger partial charge >= 0.3 is 5.97 Å². The Morgan fingerprint density at radius 3 is 2.65 bits per heavy atom. The summed E-state index contributed by atoms with van der Waals surface area (Å²) in [6.07, 6.45) is 1.50. The molecule has 0 atom stereocenters. The number of ether oxygens (including phenoxy) is 1. The zero-order valence-electron chi connectivity index (χ0n) is 10.7. The zero-order valence-corrected chi connectivity index (χ0v) is 10.7. The van der Waals surface area contributed by atoms with Gasteiger partial charge in [-0.15, -0.1) is 0 Å². The fraction of sp³-hybridized carbons (Fsp3) is 0.0714. The van der Waals surface area contributed by atoms with Crippen molar-refractivity contribution in [3.05, 3.63) is 53.9 Å². The van der Waals surface area contributed by atoms with Crippen LogP contribution in [0.4, 0.5) is 5.69 Å². The second-order valence-corrected chi connectivity index (χ2v) is 3.89. The topological polar surface area (TPSA) is 88.5 Å². The molecular weight excluding hydrogens is 260 g/mol. The summed E-state index contributed by atoms with van der Waals surface area (Å²) in [6, 6.07) is 9.16. The van der Waals surface area contributed by atoms with Gasteiger partial charge in [-0.25, -0.2) is 4.79 Å². The van der Waals surface area contributed by atoms with Crippen LogP contribution in [0.1, 0.15) is 20.8 Å². The van der Waals surface area contributed by atoms with E-state index in [1.165, 1.54) is 31.5 Å². The van der Waals surface area contributed by atoms with Crippen LogP contribution in [-0.2, 0) is 0 Å². The molecule has 1 amide bonds. The monoisotopic (exact) mass is 272 g/mol. The largest absolute Gasteiger partial charge is 0.495 e. The van der Waals surface area contributed by atoms with Gasteiger partial charge in [0.15, 0.2) is 0 Å². The Bertz CT molecular complexity index is 641. The summed E-state index contributed by atoms with van der Waals surface area (Å²) in [4.78, 5) is 26.8. The van der Waals surface area contributed by atoms with Gasteiger partial charge in [-0.05, 0) is 30.3 Å². The Balaban J connectivity index is 2.30. The molecule has 0 unspecified atom stereocenters. The van der Waals surface area contributed by atoms with Crippen LogP contribution in [-0.4, -0.2) is 29.1 Å². The smallest absolute Gasteiger partial charge is 0.335 e. The molecule has 102 valence electrons. The number of carboxylic acid groups (broad SMARTS) is 1. The molecule has 0 aliphatic heterocycles. The summed E-state index contributed by atoms with van der Waals surface area (Å²) in [7, 11) is 1.44. The number of anilines is 1. The molecule has 1 aromatic carbocycles. The van der Waals surface area contributed by atoms with Gasteiger partial charge in [0.05, 0.1) is 18.4 Å². The number of nitrogens with zero attached hydrogens (tertiary/aromatic N) is 1. The Hall–Kier alpha value is -2.89. The highest BCUT2D eigenvalue weighted by Gasteiger charge is 2.13.